The van der Waals surface area contributed by atoms with E-state index in [-0.39, 0.29) is 0 Å². The molecule has 0 saturated heterocycles. The molecule has 2 rings (SSSR count). The minimum atomic E-state index is -0.490. The van der Waals surface area contributed by atoms with Gasteiger partial charge in [-0.2, -0.15) is 5.26 Å². The normalized spacial score (nSPS) is 10.8. The quantitative estimate of drug-likeness (QED) is 0.913. The highest BCUT2D eigenvalue weighted by Gasteiger charge is 2.15. The summed E-state index contributed by atoms with van der Waals surface area (Å²) >= 11 is 0. The molecule has 0 aliphatic carbocycles. The maximum atomic E-state index is 11.6. The lowest BCUT2D eigenvalue weighted by molar-refractivity contribution is 0.0528. The Kier molecular flexibility index (Phi) is 5.59. The summed E-state index contributed by atoms with van der Waals surface area (Å²) in [5, 5.41) is 11.8. The number of rotatable bonds is 4. The van der Waals surface area contributed by atoms with Crippen molar-refractivity contribution in [3.63, 3.8) is 0 Å². The molecule has 0 aromatic heterocycles. The minimum Gasteiger partial charge on any atom is -0.444 e. The SMILES string of the molecule is CC(C)(C)OC(=O)NCCc1cccc(-c2cccc(C#N)c2)c1. The monoisotopic (exact) mass is 322 g/mol. The number of hydrogen-bond acceptors (Lipinski definition) is 3. The van der Waals surface area contributed by atoms with Gasteiger partial charge in [-0.1, -0.05) is 36.4 Å². The standard InChI is InChI=1S/C20H22N2O2/c1-20(2,3)24-19(23)22-11-10-15-6-4-8-17(12-15)18-9-5-7-16(13-18)14-21/h4-9,12-13H,10-11H2,1-3H3,(H,22,23). The van der Waals surface area contributed by atoms with E-state index in [0.29, 0.717) is 18.5 Å². The lowest BCUT2D eigenvalue weighted by atomic mass is 10.0. The van der Waals surface area contributed by atoms with Crippen molar-refractivity contribution in [2.24, 2.45) is 0 Å². The molecule has 4 nitrogen and oxygen atoms in total. The summed E-state index contributed by atoms with van der Waals surface area (Å²) < 4.78 is 5.21. The summed E-state index contributed by atoms with van der Waals surface area (Å²) in [5.74, 6) is 0. The van der Waals surface area contributed by atoms with E-state index in [1.54, 1.807) is 6.07 Å². The van der Waals surface area contributed by atoms with Gasteiger partial charge in [0, 0.05) is 6.54 Å². The van der Waals surface area contributed by atoms with E-state index in [1.165, 1.54) is 0 Å². The van der Waals surface area contributed by atoms with E-state index >= 15 is 0 Å². The minimum absolute atomic E-state index is 0.402. The van der Waals surface area contributed by atoms with Crippen LogP contribution in [-0.2, 0) is 11.2 Å². The van der Waals surface area contributed by atoms with Crippen molar-refractivity contribution in [2.75, 3.05) is 6.54 Å². The second-order valence-corrected chi connectivity index (χ2v) is 6.57. The average molecular weight is 322 g/mol. The molecule has 0 atom stereocenters. The molecule has 4 heteroatoms. The first-order chi connectivity index (χ1) is 11.4. The van der Waals surface area contributed by atoms with Crippen molar-refractivity contribution < 1.29 is 9.53 Å². The molecule has 0 aliphatic heterocycles. The zero-order valence-corrected chi connectivity index (χ0v) is 14.3. The van der Waals surface area contributed by atoms with E-state index in [4.69, 9.17) is 10.00 Å². The molecule has 0 bridgehead atoms. The van der Waals surface area contributed by atoms with Crippen molar-refractivity contribution in [3.8, 4) is 17.2 Å². The van der Waals surface area contributed by atoms with Gasteiger partial charge in [-0.05, 0) is 56.0 Å². The maximum Gasteiger partial charge on any atom is 0.407 e. The number of ether oxygens (including phenoxy) is 1. The molecule has 0 radical (unpaired) electrons. The Labute approximate surface area is 143 Å². The third-order valence-electron chi connectivity index (χ3n) is 3.33. The Morgan fingerprint density at radius 3 is 2.46 bits per heavy atom. The Hall–Kier alpha value is -2.80. The van der Waals surface area contributed by atoms with Gasteiger partial charge in [0.2, 0.25) is 0 Å². The molecule has 2 aromatic rings. The number of amides is 1. The maximum absolute atomic E-state index is 11.6. The first-order valence-corrected chi connectivity index (χ1v) is 7.94. The zero-order valence-electron chi connectivity index (χ0n) is 14.3. The van der Waals surface area contributed by atoms with Gasteiger partial charge < -0.3 is 10.1 Å². The highest BCUT2D eigenvalue weighted by Crippen LogP contribution is 2.21. The van der Waals surface area contributed by atoms with Crippen LogP contribution in [0.1, 0.15) is 31.9 Å². The number of carbonyl (C=O) groups is 1. The largest absolute Gasteiger partial charge is 0.444 e. The Morgan fingerprint density at radius 2 is 1.79 bits per heavy atom. The van der Waals surface area contributed by atoms with Crippen molar-refractivity contribution in [1.82, 2.24) is 5.32 Å². The van der Waals surface area contributed by atoms with Crippen LogP contribution in [0.2, 0.25) is 0 Å². The van der Waals surface area contributed by atoms with Gasteiger partial charge in [0.15, 0.2) is 0 Å². The number of hydrogen-bond donors (Lipinski definition) is 1. The van der Waals surface area contributed by atoms with E-state index < -0.39 is 11.7 Å². The molecule has 0 spiro atoms. The Balaban J connectivity index is 1.98. The van der Waals surface area contributed by atoms with Gasteiger partial charge in [-0.15, -0.1) is 0 Å². The summed E-state index contributed by atoms with van der Waals surface area (Å²) in [6.07, 6.45) is 0.311. The summed E-state index contributed by atoms with van der Waals surface area (Å²) in [5.41, 5.74) is 3.34. The van der Waals surface area contributed by atoms with Crippen LogP contribution in [0.5, 0.6) is 0 Å². The molecule has 0 saturated carbocycles. The first kappa shape index (κ1) is 17.6. The van der Waals surface area contributed by atoms with Crippen LogP contribution in [-0.4, -0.2) is 18.2 Å². The molecule has 1 amide bonds. The molecule has 24 heavy (non-hydrogen) atoms. The van der Waals surface area contributed by atoms with Crippen molar-refractivity contribution >= 4 is 6.09 Å². The Bertz CT molecular complexity index is 755. The average Bonchev–Trinajstić information content (AvgIpc) is 2.53. The van der Waals surface area contributed by atoms with Crippen LogP contribution in [0, 0.1) is 11.3 Å². The summed E-state index contributed by atoms with van der Waals surface area (Å²) in [6, 6.07) is 17.8. The van der Waals surface area contributed by atoms with E-state index in [1.807, 2.05) is 57.2 Å². The summed E-state index contributed by atoms with van der Waals surface area (Å²) in [4.78, 5) is 11.6. The number of alkyl carbamates (subject to hydrolysis) is 1. The summed E-state index contributed by atoms with van der Waals surface area (Å²) in [7, 11) is 0. The van der Waals surface area contributed by atoms with E-state index in [9.17, 15) is 4.79 Å². The second-order valence-electron chi connectivity index (χ2n) is 6.57. The molecule has 1 N–H and O–H groups in total. The fourth-order valence-corrected chi connectivity index (χ4v) is 2.30. The fourth-order valence-electron chi connectivity index (χ4n) is 2.30. The number of carbonyl (C=O) groups excluding carboxylic acids is 1. The second kappa shape index (κ2) is 7.65. The smallest absolute Gasteiger partial charge is 0.407 e. The third-order valence-corrected chi connectivity index (χ3v) is 3.33. The van der Waals surface area contributed by atoms with Crippen molar-refractivity contribution in [1.29, 1.82) is 5.26 Å². The molecule has 0 unspecified atom stereocenters. The molecule has 0 heterocycles. The molecule has 0 fully saturated rings. The van der Waals surface area contributed by atoms with Crippen LogP contribution >= 0.6 is 0 Å². The van der Waals surface area contributed by atoms with E-state index in [0.717, 1.165) is 16.7 Å². The van der Waals surface area contributed by atoms with Crippen molar-refractivity contribution in [3.05, 3.63) is 59.7 Å². The first-order valence-electron chi connectivity index (χ1n) is 7.94. The van der Waals surface area contributed by atoms with Crippen LogP contribution in [0.15, 0.2) is 48.5 Å². The number of nitriles is 1. The Morgan fingerprint density at radius 1 is 1.12 bits per heavy atom. The number of nitrogens with one attached hydrogen (secondary N) is 1. The fraction of sp³-hybridized carbons (Fsp3) is 0.300. The van der Waals surface area contributed by atoms with E-state index in [2.05, 4.69) is 17.5 Å². The lowest BCUT2D eigenvalue weighted by Gasteiger charge is -2.19. The van der Waals surface area contributed by atoms with Crippen LogP contribution in [0.25, 0.3) is 11.1 Å². The highest BCUT2D eigenvalue weighted by molar-refractivity contribution is 5.68. The molecule has 2 aromatic carbocycles. The third kappa shape index (κ3) is 5.44. The molecular weight excluding hydrogens is 300 g/mol. The highest BCUT2D eigenvalue weighted by atomic mass is 16.6. The van der Waals surface area contributed by atoms with Crippen LogP contribution in [0.3, 0.4) is 0 Å². The van der Waals surface area contributed by atoms with Gasteiger partial charge >= 0.3 is 6.09 Å². The van der Waals surface area contributed by atoms with Gasteiger partial charge in [-0.3, -0.25) is 0 Å². The van der Waals surface area contributed by atoms with Gasteiger partial charge in [-0.25, -0.2) is 4.79 Å². The van der Waals surface area contributed by atoms with Crippen molar-refractivity contribution in [2.45, 2.75) is 32.8 Å². The molecule has 124 valence electrons. The van der Waals surface area contributed by atoms with Gasteiger partial charge in [0.1, 0.15) is 5.60 Å². The van der Waals surface area contributed by atoms with Crippen LogP contribution in [0.4, 0.5) is 4.79 Å². The molecule has 0 aliphatic rings. The lowest BCUT2D eigenvalue weighted by Crippen LogP contribution is -2.33. The topological polar surface area (TPSA) is 62.1 Å². The predicted molar refractivity (Wildman–Crippen MR) is 94.5 cm³/mol. The van der Waals surface area contributed by atoms with Gasteiger partial charge in [0.05, 0.1) is 11.6 Å². The molecular formula is C20H22N2O2. The van der Waals surface area contributed by atoms with Crippen LogP contribution < -0.4 is 5.32 Å². The van der Waals surface area contributed by atoms with Gasteiger partial charge in [0.25, 0.3) is 0 Å². The predicted octanol–water partition coefficient (Wildman–Crippen LogP) is 4.29. The zero-order chi connectivity index (χ0) is 17.6. The number of nitrogens with zero attached hydrogens (tertiary/aromatic N) is 1. The summed E-state index contributed by atoms with van der Waals surface area (Å²) in [6.45, 7) is 6.03. The number of benzene rings is 2.